The lowest BCUT2D eigenvalue weighted by molar-refractivity contribution is 0.0503. The van der Waals surface area contributed by atoms with E-state index in [-0.39, 0.29) is 5.91 Å². The van der Waals surface area contributed by atoms with Crippen molar-refractivity contribution in [1.29, 1.82) is 0 Å². The summed E-state index contributed by atoms with van der Waals surface area (Å²) in [7, 11) is 0. The highest BCUT2D eigenvalue weighted by molar-refractivity contribution is 5.92. The minimum absolute atomic E-state index is 0.0113. The van der Waals surface area contributed by atoms with E-state index < -0.39 is 0 Å². The van der Waals surface area contributed by atoms with Crippen LogP contribution in [0.1, 0.15) is 49.3 Å². The van der Waals surface area contributed by atoms with E-state index in [0.29, 0.717) is 17.8 Å². The van der Waals surface area contributed by atoms with Crippen molar-refractivity contribution >= 4 is 5.91 Å². The van der Waals surface area contributed by atoms with E-state index in [1.54, 1.807) is 6.07 Å². The second-order valence-corrected chi connectivity index (χ2v) is 4.90. The van der Waals surface area contributed by atoms with Gasteiger partial charge in [0.15, 0.2) is 5.69 Å². The van der Waals surface area contributed by atoms with E-state index in [9.17, 15) is 4.79 Å². The zero-order valence-electron chi connectivity index (χ0n) is 10.7. The summed E-state index contributed by atoms with van der Waals surface area (Å²) in [5.41, 5.74) is 1.29. The minimum atomic E-state index is 0.0113. The summed E-state index contributed by atoms with van der Waals surface area (Å²) in [5.74, 6) is 0.0113. The first kappa shape index (κ1) is 12.0. The van der Waals surface area contributed by atoms with Crippen LogP contribution < -0.4 is 0 Å². The smallest absolute Gasteiger partial charge is 0.274 e. The Bertz CT molecular complexity index is 392. The molecule has 1 amide bonds. The third kappa shape index (κ3) is 2.46. The van der Waals surface area contributed by atoms with Crippen LogP contribution in [-0.4, -0.2) is 33.1 Å². The molecule has 1 aromatic rings. The van der Waals surface area contributed by atoms with E-state index in [2.05, 4.69) is 24.0 Å². The number of amides is 1. The van der Waals surface area contributed by atoms with Crippen molar-refractivity contribution in [1.82, 2.24) is 15.1 Å². The number of hydrogen-bond acceptors (Lipinski definition) is 3. The van der Waals surface area contributed by atoms with Crippen molar-refractivity contribution in [3.8, 4) is 0 Å². The molecule has 2 rings (SSSR count). The number of rotatable bonds is 1. The number of hydrogen-bond donors (Lipinski definition) is 0. The summed E-state index contributed by atoms with van der Waals surface area (Å²) in [6.45, 7) is 6.08. The maximum atomic E-state index is 12.4. The average Bonchev–Trinajstić information content (AvgIpc) is 2.29. The van der Waals surface area contributed by atoms with Gasteiger partial charge in [-0.25, -0.2) is 0 Å². The van der Waals surface area contributed by atoms with Crippen LogP contribution in [0, 0.1) is 6.92 Å². The Morgan fingerprint density at radius 1 is 1.24 bits per heavy atom. The number of aromatic nitrogens is 2. The molecule has 0 spiro atoms. The first-order chi connectivity index (χ1) is 8.09. The lowest BCUT2D eigenvalue weighted by atomic mass is 9.97. The van der Waals surface area contributed by atoms with Gasteiger partial charge in [0.25, 0.3) is 5.91 Å². The molecule has 17 heavy (non-hydrogen) atoms. The molecule has 2 heterocycles. The maximum absolute atomic E-state index is 12.4. The molecule has 1 saturated heterocycles. The average molecular weight is 233 g/mol. The number of aryl methyl sites for hydroxylation is 1. The van der Waals surface area contributed by atoms with Crippen molar-refractivity contribution in [2.75, 3.05) is 0 Å². The molecule has 4 heteroatoms. The number of likely N-dealkylation sites (tertiary alicyclic amines) is 1. The molecule has 1 aliphatic heterocycles. The predicted octanol–water partition coefficient (Wildman–Crippen LogP) is 2.19. The van der Waals surface area contributed by atoms with Crippen LogP contribution in [0.4, 0.5) is 0 Å². The highest BCUT2D eigenvalue weighted by Crippen LogP contribution is 2.23. The number of carbonyl (C=O) groups is 1. The van der Waals surface area contributed by atoms with Crippen molar-refractivity contribution < 1.29 is 4.79 Å². The maximum Gasteiger partial charge on any atom is 0.274 e. The van der Waals surface area contributed by atoms with Gasteiger partial charge in [-0.2, -0.15) is 5.10 Å². The largest absolute Gasteiger partial charge is 0.332 e. The van der Waals surface area contributed by atoms with Gasteiger partial charge in [-0.15, -0.1) is 5.10 Å². The Labute approximate surface area is 102 Å². The summed E-state index contributed by atoms with van der Waals surface area (Å²) in [5, 5.41) is 7.93. The van der Waals surface area contributed by atoms with E-state index in [4.69, 9.17) is 0 Å². The first-order valence-electron chi connectivity index (χ1n) is 6.22. The summed E-state index contributed by atoms with van der Waals surface area (Å²) < 4.78 is 0. The zero-order chi connectivity index (χ0) is 12.4. The molecule has 0 aliphatic carbocycles. The third-order valence-corrected chi connectivity index (χ3v) is 3.45. The highest BCUT2D eigenvalue weighted by atomic mass is 16.2. The van der Waals surface area contributed by atoms with Crippen LogP contribution in [0.25, 0.3) is 0 Å². The van der Waals surface area contributed by atoms with Gasteiger partial charge in [0, 0.05) is 12.1 Å². The molecule has 2 unspecified atom stereocenters. The second-order valence-electron chi connectivity index (χ2n) is 4.90. The normalized spacial score (nSPS) is 24.8. The molecule has 2 atom stereocenters. The molecule has 0 N–H and O–H groups in total. The van der Waals surface area contributed by atoms with Crippen LogP contribution in [-0.2, 0) is 0 Å². The van der Waals surface area contributed by atoms with Gasteiger partial charge in [0.1, 0.15) is 0 Å². The topological polar surface area (TPSA) is 46.1 Å². The van der Waals surface area contributed by atoms with Crippen LogP contribution in [0.15, 0.2) is 12.1 Å². The second kappa shape index (κ2) is 4.82. The minimum Gasteiger partial charge on any atom is -0.332 e. The standard InChI is InChI=1S/C13H19N3O/c1-9-7-8-12(15-14-9)13(17)16-10(2)5-4-6-11(16)3/h7-8,10-11H,4-6H2,1-3H3. The lowest BCUT2D eigenvalue weighted by Gasteiger charge is -2.38. The van der Waals surface area contributed by atoms with E-state index in [0.717, 1.165) is 18.5 Å². The summed E-state index contributed by atoms with van der Waals surface area (Å²) >= 11 is 0. The SMILES string of the molecule is Cc1ccc(C(=O)N2C(C)CCCC2C)nn1. The van der Waals surface area contributed by atoms with Crippen molar-refractivity contribution in [3.63, 3.8) is 0 Å². The monoisotopic (exact) mass is 233 g/mol. The molecule has 0 aromatic carbocycles. The quantitative estimate of drug-likeness (QED) is 0.747. The van der Waals surface area contributed by atoms with E-state index >= 15 is 0 Å². The fourth-order valence-electron chi connectivity index (χ4n) is 2.47. The van der Waals surface area contributed by atoms with Gasteiger partial charge in [0.05, 0.1) is 5.69 Å². The lowest BCUT2D eigenvalue weighted by Crippen LogP contribution is -2.47. The molecule has 4 nitrogen and oxygen atoms in total. The number of piperidine rings is 1. The summed E-state index contributed by atoms with van der Waals surface area (Å²) in [6, 6.07) is 4.20. The molecule has 0 saturated carbocycles. The van der Waals surface area contributed by atoms with E-state index in [1.807, 2.05) is 17.9 Å². The number of nitrogens with zero attached hydrogens (tertiary/aromatic N) is 3. The van der Waals surface area contributed by atoms with Crippen LogP contribution >= 0.6 is 0 Å². The zero-order valence-corrected chi connectivity index (χ0v) is 10.7. The molecule has 1 aromatic heterocycles. The van der Waals surface area contributed by atoms with Crippen LogP contribution in [0.2, 0.25) is 0 Å². The highest BCUT2D eigenvalue weighted by Gasteiger charge is 2.30. The van der Waals surface area contributed by atoms with Gasteiger partial charge in [-0.1, -0.05) is 0 Å². The van der Waals surface area contributed by atoms with Gasteiger partial charge >= 0.3 is 0 Å². The molecule has 1 aliphatic rings. The Kier molecular flexibility index (Phi) is 3.41. The van der Waals surface area contributed by atoms with Gasteiger partial charge in [-0.05, 0) is 52.2 Å². The van der Waals surface area contributed by atoms with Crippen LogP contribution in [0.3, 0.4) is 0 Å². The van der Waals surface area contributed by atoms with Crippen LogP contribution in [0.5, 0.6) is 0 Å². The molecule has 1 fully saturated rings. The van der Waals surface area contributed by atoms with Gasteiger partial charge in [0.2, 0.25) is 0 Å². The van der Waals surface area contributed by atoms with Gasteiger partial charge in [-0.3, -0.25) is 4.79 Å². The Balaban J connectivity index is 2.20. The Morgan fingerprint density at radius 3 is 2.41 bits per heavy atom. The number of carbonyl (C=O) groups excluding carboxylic acids is 1. The molecule has 0 radical (unpaired) electrons. The third-order valence-electron chi connectivity index (χ3n) is 3.45. The van der Waals surface area contributed by atoms with Gasteiger partial charge < -0.3 is 4.90 Å². The molecular weight excluding hydrogens is 214 g/mol. The molecular formula is C13H19N3O. The van der Waals surface area contributed by atoms with Crippen molar-refractivity contribution in [2.45, 2.75) is 52.1 Å². The van der Waals surface area contributed by atoms with Crippen molar-refractivity contribution in [2.24, 2.45) is 0 Å². The Morgan fingerprint density at radius 2 is 1.88 bits per heavy atom. The predicted molar refractivity (Wildman–Crippen MR) is 65.7 cm³/mol. The van der Waals surface area contributed by atoms with Crippen molar-refractivity contribution in [3.05, 3.63) is 23.5 Å². The van der Waals surface area contributed by atoms with E-state index in [1.165, 1.54) is 6.42 Å². The summed E-state index contributed by atoms with van der Waals surface area (Å²) in [6.07, 6.45) is 3.36. The first-order valence-corrected chi connectivity index (χ1v) is 6.22. The molecule has 92 valence electrons. The fourth-order valence-corrected chi connectivity index (χ4v) is 2.47. The Hall–Kier alpha value is -1.45. The fraction of sp³-hybridized carbons (Fsp3) is 0.615. The summed E-state index contributed by atoms with van der Waals surface area (Å²) in [4.78, 5) is 14.3. The molecule has 0 bridgehead atoms.